The van der Waals surface area contributed by atoms with Crippen molar-refractivity contribution in [2.24, 2.45) is 0 Å². The SMILES string of the molecule is O=C(Nc1cnccc1N1CCNCC1)c1csc(-n2c(=O)[nH]c3ccncc32)n1. The van der Waals surface area contributed by atoms with Gasteiger partial charge in [-0.1, -0.05) is 0 Å². The van der Waals surface area contributed by atoms with Crippen LogP contribution in [0.1, 0.15) is 10.5 Å². The van der Waals surface area contributed by atoms with Crippen molar-refractivity contribution in [1.29, 1.82) is 0 Å². The van der Waals surface area contributed by atoms with E-state index >= 15 is 0 Å². The Morgan fingerprint density at radius 2 is 1.93 bits per heavy atom. The third-order valence-electron chi connectivity index (χ3n) is 4.91. The first kappa shape index (κ1) is 18.5. The Labute approximate surface area is 174 Å². The number of hydrogen-bond donors (Lipinski definition) is 3. The van der Waals surface area contributed by atoms with E-state index in [1.165, 1.54) is 15.9 Å². The molecule has 0 aromatic carbocycles. The van der Waals surface area contributed by atoms with E-state index in [1.807, 2.05) is 6.07 Å². The van der Waals surface area contributed by atoms with Crippen molar-refractivity contribution < 1.29 is 4.79 Å². The summed E-state index contributed by atoms with van der Waals surface area (Å²) in [7, 11) is 0. The first-order valence-electron chi connectivity index (χ1n) is 9.42. The van der Waals surface area contributed by atoms with Crippen molar-refractivity contribution in [3.05, 3.63) is 58.5 Å². The number of pyridine rings is 2. The quantitative estimate of drug-likeness (QED) is 0.452. The number of aromatic amines is 1. The molecule has 3 N–H and O–H groups in total. The number of piperazine rings is 1. The second-order valence-corrected chi connectivity index (χ2v) is 7.59. The van der Waals surface area contributed by atoms with Crippen LogP contribution in [0, 0.1) is 0 Å². The molecule has 0 spiro atoms. The van der Waals surface area contributed by atoms with Crippen molar-refractivity contribution in [2.75, 3.05) is 36.4 Å². The summed E-state index contributed by atoms with van der Waals surface area (Å²) >= 11 is 1.22. The van der Waals surface area contributed by atoms with E-state index in [9.17, 15) is 9.59 Å². The number of carbonyl (C=O) groups excluding carboxylic acids is 1. The number of hydrogen-bond acceptors (Lipinski definition) is 8. The molecule has 152 valence electrons. The lowest BCUT2D eigenvalue weighted by Crippen LogP contribution is -2.43. The van der Waals surface area contributed by atoms with Crippen LogP contribution in [0.25, 0.3) is 16.2 Å². The Morgan fingerprint density at radius 3 is 2.80 bits per heavy atom. The van der Waals surface area contributed by atoms with Gasteiger partial charge in [0.05, 0.1) is 34.8 Å². The summed E-state index contributed by atoms with van der Waals surface area (Å²) in [6.07, 6.45) is 6.54. The minimum Gasteiger partial charge on any atom is -0.367 e. The van der Waals surface area contributed by atoms with E-state index in [0.717, 1.165) is 31.9 Å². The zero-order valence-corrected chi connectivity index (χ0v) is 16.6. The number of carbonyl (C=O) groups is 1. The van der Waals surface area contributed by atoms with Crippen molar-refractivity contribution in [3.63, 3.8) is 0 Å². The van der Waals surface area contributed by atoms with Crippen LogP contribution in [-0.2, 0) is 0 Å². The molecule has 0 unspecified atom stereocenters. The van der Waals surface area contributed by atoms with E-state index in [2.05, 4.69) is 35.5 Å². The van der Waals surface area contributed by atoms with Crippen LogP contribution >= 0.6 is 11.3 Å². The average Bonchev–Trinajstić information content (AvgIpc) is 3.38. The van der Waals surface area contributed by atoms with Gasteiger partial charge in [-0.25, -0.2) is 14.3 Å². The fraction of sp³-hybridized carbons (Fsp3) is 0.211. The van der Waals surface area contributed by atoms with Gasteiger partial charge in [0.2, 0.25) is 0 Å². The van der Waals surface area contributed by atoms with E-state index in [1.54, 1.807) is 36.2 Å². The van der Waals surface area contributed by atoms with Gasteiger partial charge in [-0.05, 0) is 12.1 Å². The second kappa shape index (κ2) is 7.69. The largest absolute Gasteiger partial charge is 0.367 e. The number of imidazole rings is 1. The molecule has 5 rings (SSSR count). The zero-order valence-electron chi connectivity index (χ0n) is 15.8. The average molecular weight is 422 g/mol. The van der Waals surface area contributed by atoms with Crippen molar-refractivity contribution in [3.8, 4) is 5.13 Å². The Balaban J connectivity index is 1.42. The molecule has 1 amide bonds. The van der Waals surface area contributed by atoms with Crippen LogP contribution in [0.2, 0.25) is 0 Å². The number of H-pyrrole nitrogens is 1. The molecule has 0 saturated carbocycles. The van der Waals surface area contributed by atoms with Crippen LogP contribution in [-0.4, -0.2) is 56.6 Å². The van der Waals surface area contributed by atoms with E-state index < -0.39 is 0 Å². The maximum absolute atomic E-state index is 12.8. The lowest BCUT2D eigenvalue weighted by Gasteiger charge is -2.30. The molecule has 5 heterocycles. The summed E-state index contributed by atoms with van der Waals surface area (Å²) in [4.78, 5) is 42.8. The Bertz CT molecular complexity index is 1270. The Morgan fingerprint density at radius 1 is 1.13 bits per heavy atom. The fourth-order valence-corrected chi connectivity index (χ4v) is 4.28. The lowest BCUT2D eigenvalue weighted by molar-refractivity contribution is 0.102. The molecular weight excluding hydrogens is 404 g/mol. The van der Waals surface area contributed by atoms with Crippen LogP contribution in [0.3, 0.4) is 0 Å². The number of aromatic nitrogens is 5. The van der Waals surface area contributed by atoms with Gasteiger partial charge in [0.15, 0.2) is 5.13 Å². The molecule has 4 aromatic heterocycles. The third-order valence-corrected chi connectivity index (χ3v) is 5.73. The number of thiazole rings is 1. The molecule has 0 bridgehead atoms. The Kier molecular flexibility index (Phi) is 4.73. The van der Waals surface area contributed by atoms with Gasteiger partial charge in [-0.3, -0.25) is 14.8 Å². The first-order valence-corrected chi connectivity index (χ1v) is 10.3. The van der Waals surface area contributed by atoms with Gasteiger partial charge in [0.1, 0.15) is 5.69 Å². The highest BCUT2D eigenvalue weighted by Crippen LogP contribution is 2.26. The monoisotopic (exact) mass is 422 g/mol. The summed E-state index contributed by atoms with van der Waals surface area (Å²) < 4.78 is 1.42. The predicted octanol–water partition coefficient (Wildman–Crippen LogP) is 1.23. The van der Waals surface area contributed by atoms with Gasteiger partial charge >= 0.3 is 5.69 Å². The second-order valence-electron chi connectivity index (χ2n) is 6.76. The zero-order chi connectivity index (χ0) is 20.5. The van der Waals surface area contributed by atoms with Crippen LogP contribution in [0.15, 0.2) is 47.1 Å². The molecule has 30 heavy (non-hydrogen) atoms. The summed E-state index contributed by atoms with van der Waals surface area (Å²) in [5.74, 6) is -0.354. The van der Waals surface area contributed by atoms with Crippen molar-refractivity contribution >= 4 is 39.7 Å². The summed E-state index contributed by atoms with van der Waals surface area (Å²) in [6, 6.07) is 3.61. The minimum absolute atomic E-state index is 0.232. The van der Waals surface area contributed by atoms with Gasteiger partial charge < -0.3 is 20.5 Å². The predicted molar refractivity (Wildman–Crippen MR) is 115 cm³/mol. The van der Waals surface area contributed by atoms with Gasteiger partial charge in [0.25, 0.3) is 5.91 Å². The standard InChI is InChI=1S/C19H18N8O2S/c28-17(23-13-9-21-4-2-15(13)26-7-5-20-6-8-26)14-11-30-19(25-14)27-16-10-22-3-1-12(16)24-18(27)29/h1-4,9-11,20H,5-8H2,(H,23,28)(H,24,29). The number of anilines is 2. The third kappa shape index (κ3) is 3.33. The highest BCUT2D eigenvalue weighted by atomic mass is 32.1. The number of nitrogens with zero attached hydrogens (tertiary/aromatic N) is 5. The summed E-state index contributed by atoms with van der Waals surface area (Å²) in [6.45, 7) is 3.48. The Hall–Kier alpha value is -3.57. The highest BCUT2D eigenvalue weighted by molar-refractivity contribution is 7.12. The first-order chi connectivity index (χ1) is 14.7. The van der Waals surface area contributed by atoms with Crippen molar-refractivity contribution in [2.45, 2.75) is 0 Å². The van der Waals surface area contributed by atoms with E-state index in [4.69, 9.17) is 0 Å². The van der Waals surface area contributed by atoms with Gasteiger partial charge in [-0.2, -0.15) is 0 Å². The molecular formula is C19H18N8O2S. The molecule has 1 aliphatic heterocycles. The summed E-state index contributed by atoms with van der Waals surface area (Å²) in [5, 5.41) is 8.26. The molecule has 0 radical (unpaired) electrons. The van der Waals surface area contributed by atoms with Crippen LogP contribution in [0.5, 0.6) is 0 Å². The minimum atomic E-state index is -0.354. The molecule has 10 nitrogen and oxygen atoms in total. The van der Waals surface area contributed by atoms with Crippen LogP contribution in [0.4, 0.5) is 11.4 Å². The van der Waals surface area contributed by atoms with E-state index in [0.29, 0.717) is 21.9 Å². The smallest absolute Gasteiger partial charge is 0.332 e. The highest BCUT2D eigenvalue weighted by Gasteiger charge is 2.19. The number of amides is 1. The van der Waals surface area contributed by atoms with Crippen molar-refractivity contribution in [1.82, 2.24) is 29.8 Å². The van der Waals surface area contributed by atoms with Gasteiger partial charge in [-0.15, -0.1) is 11.3 Å². The molecule has 11 heteroatoms. The number of nitrogens with one attached hydrogen (secondary N) is 3. The molecule has 1 saturated heterocycles. The number of fused-ring (bicyclic) bond motifs is 1. The summed E-state index contributed by atoms with van der Waals surface area (Å²) in [5.41, 5.74) is 2.73. The maximum atomic E-state index is 12.8. The normalized spacial score (nSPS) is 14.2. The van der Waals surface area contributed by atoms with Gasteiger partial charge in [0, 0.05) is 44.0 Å². The maximum Gasteiger partial charge on any atom is 0.332 e. The molecule has 0 aliphatic carbocycles. The van der Waals surface area contributed by atoms with Crippen LogP contribution < -0.4 is 21.2 Å². The molecule has 4 aromatic rings. The van der Waals surface area contributed by atoms with E-state index in [-0.39, 0.29) is 17.3 Å². The topological polar surface area (TPSA) is 121 Å². The molecule has 1 aliphatic rings. The molecule has 0 atom stereocenters. The lowest BCUT2D eigenvalue weighted by atomic mass is 10.2. The molecule has 1 fully saturated rings. The number of rotatable bonds is 4. The fourth-order valence-electron chi connectivity index (χ4n) is 3.46.